The van der Waals surface area contributed by atoms with Crippen molar-refractivity contribution in [2.45, 2.75) is 20.0 Å². The number of aryl methyl sites for hydroxylation is 1. The molecule has 0 aliphatic carbocycles. The Labute approximate surface area is 178 Å². The quantitative estimate of drug-likeness (QED) is 0.542. The molecule has 0 bridgehead atoms. The van der Waals surface area contributed by atoms with E-state index >= 15 is 0 Å². The minimum absolute atomic E-state index is 0.0557. The highest BCUT2D eigenvalue weighted by molar-refractivity contribution is 5.92. The van der Waals surface area contributed by atoms with E-state index in [1.807, 2.05) is 0 Å². The molecule has 0 saturated carbocycles. The number of halogens is 2. The predicted octanol–water partition coefficient (Wildman–Crippen LogP) is 4.29. The summed E-state index contributed by atoms with van der Waals surface area (Å²) in [5.74, 6) is -1.19. The van der Waals surface area contributed by atoms with Gasteiger partial charge in [-0.1, -0.05) is 30.3 Å². The summed E-state index contributed by atoms with van der Waals surface area (Å²) in [7, 11) is 1.27. The fourth-order valence-electron chi connectivity index (χ4n) is 3.15. The Balaban J connectivity index is 1.79. The lowest BCUT2D eigenvalue weighted by Gasteiger charge is -2.21. The third kappa shape index (κ3) is 5.76. The average molecular weight is 428 g/mol. The van der Waals surface area contributed by atoms with Crippen LogP contribution in [-0.4, -0.2) is 30.4 Å². The zero-order valence-corrected chi connectivity index (χ0v) is 17.2. The summed E-state index contributed by atoms with van der Waals surface area (Å²) in [5.41, 5.74) is 0.719. The number of carbonyl (C=O) groups excluding carboxylic acids is 2. The lowest BCUT2D eigenvalue weighted by molar-refractivity contribution is -0.117. The molecule has 31 heavy (non-hydrogen) atoms. The number of rotatable bonds is 8. The molecule has 0 spiro atoms. The van der Waals surface area contributed by atoms with Crippen LogP contribution in [0.25, 0.3) is 0 Å². The molecule has 0 fully saturated rings. The maximum atomic E-state index is 14.2. The molecule has 162 valence electrons. The summed E-state index contributed by atoms with van der Waals surface area (Å²) in [6.07, 6.45) is 0. The number of methoxy groups -OCH3 is 1. The Kier molecular flexibility index (Phi) is 7.15. The monoisotopic (exact) mass is 428 g/mol. The number of carbonyl (C=O) groups is 2. The molecule has 3 aromatic rings. The van der Waals surface area contributed by atoms with Gasteiger partial charge in [-0.3, -0.25) is 9.69 Å². The van der Waals surface area contributed by atoms with E-state index in [0.29, 0.717) is 17.1 Å². The minimum atomic E-state index is -0.555. The summed E-state index contributed by atoms with van der Waals surface area (Å²) in [6.45, 7) is 1.69. The lowest BCUT2D eigenvalue weighted by Crippen LogP contribution is -2.33. The largest absolute Gasteiger partial charge is 0.465 e. The summed E-state index contributed by atoms with van der Waals surface area (Å²) in [6, 6.07) is 13.6. The zero-order chi connectivity index (χ0) is 22.4. The van der Waals surface area contributed by atoms with Crippen LogP contribution in [0.4, 0.5) is 14.5 Å². The number of benzene rings is 2. The molecule has 0 atom stereocenters. The van der Waals surface area contributed by atoms with Crippen molar-refractivity contribution in [3.63, 3.8) is 0 Å². The molecule has 3 rings (SSSR count). The molecule has 1 aromatic heterocycles. The van der Waals surface area contributed by atoms with E-state index < -0.39 is 23.5 Å². The van der Waals surface area contributed by atoms with E-state index in [0.717, 1.165) is 0 Å². The third-order valence-electron chi connectivity index (χ3n) is 4.62. The first-order valence-electron chi connectivity index (χ1n) is 9.55. The van der Waals surface area contributed by atoms with E-state index in [9.17, 15) is 18.4 Å². The van der Waals surface area contributed by atoms with Crippen molar-refractivity contribution in [1.82, 2.24) is 4.90 Å². The van der Waals surface area contributed by atoms with Crippen LogP contribution >= 0.6 is 0 Å². The van der Waals surface area contributed by atoms with Gasteiger partial charge < -0.3 is 14.5 Å². The first kappa shape index (κ1) is 22.2. The topological polar surface area (TPSA) is 71.8 Å². The van der Waals surface area contributed by atoms with E-state index in [-0.39, 0.29) is 30.9 Å². The van der Waals surface area contributed by atoms with Gasteiger partial charge in [0, 0.05) is 12.1 Å². The average Bonchev–Trinajstić information content (AvgIpc) is 3.10. The molecule has 0 radical (unpaired) electrons. The summed E-state index contributed by atoms with van der Waals surface area (Å²) in [5, 5.41) is 2.52. The third-order valence-corrected chi connectivity index (χ3v) is 4.62. The van der Waals surface area contributed by atoms with Crippen molar-refractivity contribution in [2.24, 2.45) is 0 Å². The van der Waals surface area contributed by atoms with Crippen molar-refractivity contribution in [1.29, 1.82) is 0 Å². The van der Waals surface area contributed by atoms with E-state index in [2.05, 4.69) is 5.32 Å². The molecule has 0 saturated heterocycles. The second-order valence-electron chi connectivity index (χ2n) is 6.94. The number of hydrogen-bond donors (Lipinski definition) is 1. The first-order chi connectivity index (χ1) is 14.9. The number of furan rings is 1. The fraction of sp³-hybridized carbons (Fsp3) is 0.217. The number of hydrogen-bond acceptors (Lipinski definition) is 5. The Bertz CT molecular complexity index is 1080. The van der Waals surface area contributed by atoms with Crippen LogP contribution in [0, 0.1) is 18.6 Å². The van der Waals surface area contributed by atoms with Crippen LogP contribution in [0.2, 0.25) is 0 Å². The van der Waals surface area contributed by atoms with Gasteiger partial charge in [-0.05, 0) is 31.2 Å². The Hall–Kier alpha value is -3.52. The maximum absolute atomic E-state index is 14.2. The SMILES string of the molecule is COC(=O)c1cc(CN(CC(=O)Nc2ccccc2F)Cc2ccccc2F)oc1C. The van der Waals surface area contributed by atoms with Crippen LogP contribution < -0.4 is 5.32 Å². The van der Waals surface area contributed by atoms with Crippen molar-refractivity contribution in [3.05, 3.63) is 88.9 Å². The summed E-state index contributed by atoms with van der Waals surface area (Å²) in [4.78, 5) is 26.0. The van der Waals surface area contributed by atoms with Crippen molar-refractivity contribution in [3.8, 4) is 0 Å². The Morgan fingerprint density at radius 3 is 2.39 bits per heavy atom. The zero-order valence-electron chi connectivity index (χ0n) is 17.2. The highest BCUT2D eigenvalue weighted by Gasteiger charge is 2.20. The smallest absolute Gasteiger partial charge is 0.341 e. The summed E-state index contributed by atoms with van der Waals surface area (Å²) >= 11 is 0. The Morgan fingerprint density at radius 1 is 1.03 bits per heavy atom. The molecule has 6 nitrogen and oxygen atoms in total. The van der Waals surface area contributed by atoms with Crippen molar-refractivity contribution >= 4 is 17.6 Å². The van der Waals surface area contributed by atoms with E-state index in [1.165, 1.54) is 37.4 Å². The molecule has 0 aliphatic heterocycles. The minimum Gasteiger partial charge on any atom is -0.465 e. The molecule has 0 unspecified atom stereocenters. The maximum Gasteiger partial charge on any atom is 0.341 e. The van der Waals surface area contributed by atoms with Gasteiger partial charge in [-0.25, -0.2) is 13.6 Å². The van der Waals surface area contributed by atoms with Crippen LogP contribution in [0.15, 0.2) is 59.0 Å². The van der Waals surface area contributed by atoms with Gasteiger partial charge in [-0.15, -0.1) is 0 Å². The van der Waals surface area contributed by atoms with Gasteiger partial charge in [0.25, 0.3) is 0 Å². The highest BCUT2D eigenvalue weighted by atomic mass is 19.1. The number of esters is 1. The second kappa shape index (κ2) is 9.99. The van der Waals surface area contributed by atoms with Crippen LogP contribution in [-0.2, 0) is 22.6 Å². The number of anilines is 1. The van der Waals surface area contributed by atoms with Crippen LogP contribution in [0.3, 0.4) is 0 Å². The number of amides is 1. The molecule has 1 amide bonds. The number of para-hydroxylation sites is 1. The first-order valence-corrected chi connectivity index (χ1v) is 9.55. The van der Waals surface area contributed by atoms with Crippen LogP contribution in [0.5, 0.6) is 0 Å². The van der Waals surface area contributed by atoms with Crippen molar-refractivity contribution < 1.29 is 27.5 Å². The van der Waals surface area contributed by atoms with Crippen LogP contribution in [0.1, 0.15) is 27.4 Å². The number of nitrogens with zero attached hydrogens (tertiary/aromatic N) is 1. The molecule has 1 N–H and O–H groups in total. The van der Waals surface area contributed by atoms with Gasteiger partial charge in [0.05, 0.1) is 25.9 Å². The summed E-state index contributed by atoms with van der Waals surface area (Å²) < 4.78 is 38.4. The van der Waals surface area contributed by atoms with Crippen molar-refractivity contribution in [2.75, 3.05) is 19.0 Å². The second-order valence-corrected chi connectivity index (χ2v) is 6.94. The Morgan fingerprint density at radius 2 is 1.71 bits per heavy atom. The van der Waals surface area contributed by atoms with Gasteiger partial charge in [0.15, 0.2) is 0 Å². The van der Waals surface area contributed by atoms with Gasteiger partial charge in [0.1, 0.15) is 28.7 Å². The highest BCUT2D eigenvalue weighted by Crippen LogP contribution is 2.20. The molecule has 8 heteroatoms. The molecule has 1 heterocycles. The fourth-order valence-corrected chi connectivity index (χ4v) is 3.15. The van der Waals surface area contributed by atoms with E-state index in [4.69, 9.17) is 9.15 Å². The van der Waals surface area contributed by atoms with Gasteiger partial charge in [-0.2, -0.15) is 0 Å². The molecular formula is C23H22F2N2O4. The number of ether oxygens (including phenoxy) is 1. The van der Waals surface area contributed by atoms with E-state index in [1.54, 1.807) is 36.1 Å². The number of nitrogens with one attached hydrogen (secondary N) is 1. The lowest BCUT2D eigenvalue weighted by atomic mass is 10.2. The normalized spacial score (nSPS) is 10.9. The van der Waals surface area contributed by atoms with Gasteiger partial charge >= 0.3 is 5.97 Å². The molecule has 2 aromatic carbocycles. The molecule has 0 aliphatic rings. The molecular weight excluding hydrogens is 406 g/mol. The predicted molar refractivity (Wildman–Crippen MR) is 110 cm³/mol. The standard InChI is InChI=1S/C23H22F2N2O4/c1-15-18(23(29)30-2)11-17(31-15)13-27(12-16-7-3-4-8-19(16)24)14-22(28)26-21-10-6-5-9-20(21)25/h3-11H,12-14H2,1-2H3,(H,26,28). The van der Waals surface area contributed by atoms with Gasteiger partial charge in [0.2, 0.25) is 5.91 Å².